The Morgan fingerprint density at radius 1 is 1.59 bits per heavy atom. The molecule has 0 saturated carbocycles. The third kappa shape index (κ3) is 4.03. The molecule has 98 valence electrons. The summed E-state index contributed by atoms with van der Waals surface area (Å²) in [6.45, 7) is 4.09. The minimum Gasteiger partial charge on any atom is -0.383 e. The van der Waals surface area contributed by atoms with Crippen molar-refractivity contribution in [2.24, 2.45) is 0 Å². The zero-order chi connectivity index (χ0) is 13.1. The topological polar surface area (TPSA) is 55.4 Å². The van der Waals surface area contributed by atoms with Gasteiger partial charge in [-0.05, 0) is 35.3 Å². The first-order chi connectivity index (χ1) is 7.90. The third-order valence-electron chi connectivity index (χ3n) is 2.31. The molecule has 1 aromatic rings. The first-order valence-corrected chi connectivity index (χ1v) is 8.27. The van der Waals surface area contributed by atoms with Gasteiger partial charge in [-0.15, -0.1) is 11.3 Å². The molecule has 0 aromatic carbocycles. The third-order valence-corrected chi connectivity index (χ3v) is 5.64. The zero-order valence-electron chi connectivity index (χ0n) is 9.99. The molecule has 7 heteroatoms. The highest BCUT2D eigenvalue weighted by molar-refractivity contribution is 9.11. The van der Waals surface area contributed by atoms with Gasteiger partial charge in [0.2, 0.25) is 10.0 Å². The number of hydrogen-bond donors (Lipinski definition) is 1. The predicted molar refractivity (Wildman–Crippen MR) is 73.0 cm³/mol. The molecule has 0 aliphatic rings. The van der Waals surface area contributed by atoms with E-state index in [1.807, 2.05) is 6.92 Å². The maximum Gasteiger partial charge on any atom is 0.242 e. The Hall–Kier alpha value is 0.0500. The van der Waals surface area contributed by atoms with Crippen molar-refractivity contribution in [3.05, 3.63) is 14.7 Å². The molecule has 1 heterocycles. The number of ether oxygens (including phenoxy) is 1. The largest absolute Gasteiger partial charge is 0.383 e. The van der Waals surface area contributed by atoms with Crippen LogP contribution in [0.4, 0.5) is 0 Å². The highest BCUT2D eigenvalue weighted by Gasteiger charge is 2.22. The molecule has 0 aliphatic heterocycles. The van der Waals surface area contributed by atoms with Gasteiger partial charge in [0.05, 0.1) is 15.3 Å². The van der Waals surface area contributed by atoms with E-state index in [-0.39, 0.29) is 6.04 Å². The van der Waals surface area contributed by atoms with Gasteiger partial charge < -0.3 is 4.74 Å². The fraction of sp³-hybridized carbons (Fsp3) is 0.600. The van der Waals surface area contributed by atoms with Gasteiger partial charge in [0.25, 0.3) is 0 Å². The first-order valence-electron chi connectivity index (χ1n) is 5.18. The number of rotatable bonds is 6. The van der Waals surface area contributed by atoms with E-state index < -0.39 is 10.0 Å². The van der Waals surface area contributed by atoms with Crippen molar-refractivity contribution < 1.29 is 13.2 Å². The summed E-state index contributed by atoms with van der Waals surface area (Å²) in [5, 5.41) is 0. The lowest BCUT2D eigenvalue weighted by atomic mass is 10.3. The fourth-order valence-electron chi connectivity index (χ4n) is 1.42. The van der Waals surface area contributed by atoms with Crippen LogP contribution in [0.5, 0.6) is 0 Å². The number of sulfonamides is 1. The van der Waals surface area contributed by atoms with Crippen molar-refractivity contribution in [3.63, 3.8) is 0 Å². The number of thiophene rings is 1. The highest BCUT2D eigenvalue weighted by atomic mass is 79.9. The Kier molecular flexibility index (Phi) is 5.59. The van der Waals surface area contributed by atoms with Crippen LogP contribution in [0, 0.1) is 6.92 Å². The molecule has 1 N–H and O–H groups in total. The molecule has 1 aromatic heterocycles. The number of methoxy groups -OCH3 is 1. The minimum atomic E-state index is -3.45. The second kappa shape index (κ2) is 6.29. The maximum absolute atomic E-state index is 12.1. The lowest BCUT2D eigenvalue weighted by molar-refractivity contribution is 0.173. The van der Waals surface area contributed by atoms with Crippen LogP contribution >= 0.6 is 27.3 Å². The van der Waals surface area contributed by atoms with Crippen molar-refractivity contribution in [1.29, 1.82) is 0 Å². The van der Waals surface area contributed by atoms with Crippen molar-refractivity contribution in [2.75, 3.05) is 13.7 Å². The van der Waals surface area contributed by atoms with Crippen LogP contribution in [0.1, 0.15) is 18.2 Å². The molecule has 17 heavy (non-hydrogen) atoms. The second-order valence-corrected chi connectivity index (χ2v) is 7.97. The van der Waals surface area contributed by atoms with Crippen LogP contribution in [-0.4, -0.2) is 28.2 Å². The highest BCUT2D eigenvalue weighted by Crippen LogP contribution is 2.29. The monoisotopic (exact) mass is 341 g/mol. The Bertz CT molecular complexity index is 470. The lowest BCUT2D eigenvalue weighted by Crippen LogP contribution is -2.37. The van der Waals surface area contributed by atoms with Gasteiger partial charge in [0, 0.05) is 18.0 Å². The summed E-state index contributed by atoms with van der Waals surface area (Å²) in [4.78, 5) is 1.11. The normalized spacial score (nSPS) is 13.9. The van der Waals surface area contributed by atoms with Crippen LogP contribution in [-0.2, 0) is 14.8 Å². The van der Waals surface area contributed by atoms with E-state index in [4.69, 9.17) is 4.74 Å². The quantitative estimate of drug-likeness (QED) is 0.864. The Labute approximate surface area is 115 Å². The summed E-state index contributed by atoms with van der Waals surface area (Å²) in [6.07, 6.45) is 0.692. The van der Waals surface area contributed by atoms with Crippen LogP contribution < -0.4 is 4.72 Å². The maximum atomic E-state index is 12.1. The smallest absolute Gasteiger partial charge is 0.242 e. The molecule has 1 unspecified atom stereocenters. The molecule has 4 nitrogen and oxygen atoms in total. The van der Waals surface area contributed by atoms with Crippen molar-refractivity contribution in [2.45, 2.75) is 31.2 Å². The number of aryl methyl sites for hydroxylation is 1. The van der Waals surface area contributed by atoms with Crippen molar-refractivity contribution >= 4 is 37.3 Å². The standard InChI is InChI=1S/C10H16BrNO3S2/c1-4-8(6-15-3)12-17(13,14)9-5-10(11)16-7(9)2/h5,8,12H,4,6H2,1-3H3. The molecule has 0 saturated heterocycles. The summed E-state index contributed by atoms with van der Waals surface area (Å²) in [5.74, 6) is 0. The molecular weight excluding hydrogens is 326 g/mol. The molecule has 0 spiro atoms. The predicted octanol–water partition coefficient (Wildman–Crippen LogP) is 2.52. The van der Waals surface area contributed by atoms with Crippen molar-refractivity contribution in [1.82, 2.24) is 4.72 Å². The van der Waals surface area contributed by atoms with E-state index in [9.17, 15) is 8.42 Å². The van der Waals surface area contributed by atoms with Gasteiger partial charge >= 0.3 is 0 Å². The average Bonchev–Trinajstić information content (AvgIpc) is 2.57. The van der Waals surface area contributed by atoms with Gasteiger partial charge in [-0.1, -0.05) is 6.92 Å². The Balaban J connectivity index is 2.92. The van der Waals surface area contributed by atoms with Crippen molar-refractivity contribution in [3.8, 4) is 0 Å². The van der Waals surface area contributed by atoms with Gasteiger partial charge in [-0.2, -0.15) is 0 Å². The molecule has 1 rings (SSSR count). The van der Waals surface area contributed by atoms with Crippen LogP contribution in [0.25, 0.3) is 0 Å². The summed E-state index contributed by atoms with van der Waals surface area (Å²) >= 11 is 4.70. The molecule has 0 bridgehead atoms. The zero-order valence-corrected chi connectivity index (χ0v) is 13.2. The fourth-order valence-corrected chi connectivity index (χ4v) is 5.14. The molecule has 0 aliphatic carbocycles. The van der Waals surface area contributed by atoms with Gasteiger partial charge in [-0.25, -0.2) is 13.1 Å². The average molecular weight is 342 g/mol. The second-order valence-electron chi connectivity index (χ2n) is 3.65. The summed E-state index contributed by atoms with van der Waals surface area (Å²) in [7, 11) is -1.89. The molecule has 0 amide bonds. The van der Waals surface area contributed by atoms with E-state index in [1.165, 1.54) is 11.3 Å². The van der Waals surface area contributed by atoms with Gasteiger partial charge in [0.15, 0.2) is 0 Å². The van der Waals surface area contributed by atoms with Crippen LogP contribution in [0.2, 0.25) is 0 Å². The number of halogens is 1. The van der Waals surface area contributed by atoms with Crippen LogP contribution in [0.3, 0.4) is 0 Å². The first kappa shape index (κ1) is 15.1. The van der Waals surface area contributed by atoms with E-state index >= 15 is 0 Å². The summed E-state index contributed by atoms with van der Waals surface area (Å²) < 4.78 is 32.7. The molecule has 1 atom stereocenters. The number of nitrogens with one attached hydrogen (secondary N) is 1. The van der Waals surface area contributed by atoms with E-state index in [0.29, 0.717) is 17.9 Å². The minimum absolute atomic E-state index is 0.192. The SMILES string of the molecule is CCC(COC)NS(=O)(=O)c1cc(Br)sc1C. The van der Waals surface area contributed by atoms with Gasteiger partial charge in [0.1, 0.15) is 0 Å². The summed E-state index contributed by atoms with van der Waals surface area (Å²) in [5.41, 5.74) is 0. The van der Waals surface area contributed by atoms with Crippen LogP contribution in [0.15, 0.2) is 14.7 Å². The van der Waals surface area contributed by atoms with Gasteiger partial charge in [-0.3, -0.25) is 0 Å². The Morgan fingerprint density at radius 2 is 2.24 bits per heavy atom. The summed E-state index contributed by atoms with van der Waals surface area (Å²) in [6, 6.07) is 1.44. The number of hydrogen-bond acceptors (Lipinski definition) is 4. The van der Waals surface area contributed by atoms with E-state index in [1.54, 1.807) is 20.1 Å². The molecular formula is C10H16BrNO3S2. The lowest BCUT2D eigenvalue weighted by Gasteiger charge is -2.15. The Morgan fingerprint density at radius 3 is 2.65 bits per heavy atom. The van der Waals surface area contributed by atoms with E-state index in [0.717, 1.165) is 8.66 Å². The van der Waals surface area contributed by atoms with E-state index in [2.05, 4.69) is 20.7 Å². The molecule has 0 radical (unpaired) electrons. The molecule has 0 fully saturated rings.